The number of hydrogen-bond donors (Lipinski definition) is 1. The predicted molar refractivity (Wildman–Crippen MR) is 89.0 cm³/mol. The van der Waals surface area contributed by atoms with E-state index in [1.165, 1.54) is 12.1 Å². The van der Waals surface area contributed by atoms with Crippen LogP contribution in [0.1, 0.15) is 45.3 Å². The van der Waals surface area contributed by atoms with Crippen molar-refractivity contribution in [1.29, 1.82) is 0 Å². The van der Waals surface area contributed by atoms with Gasteiger partial charge in [-0.2, -0.15) is 13.2 Å². The Hall–Kier alpha value is -2.90. The first-order valence-electron chi connectivity index (χ1n) is 7.88. The second-order valence-electron chi connectivity index (χ2n) is 5.76. The third kappa shape index (κ3) is 4.19. The van der Waals surface area contributed by atoms with Crippen LogP contribution in [-0.4, -0.2) is 16.3 Å². The molecule has 5 nitrogen and oxygen atoms in total. The summed E-state index contributed by atoms with van der Waals surface area (Å²) in [6, 6.07) is 7.72. The molecule has 0 unspecified atom stereocenters. The summed E-state index contributed by atoms with van der Waals surface area (Å²) in [5.41, 5.74) is 3.01. The Kier molecular flexibility index (Phi) is 5.64. The van der Waals surface area contributed by atoms with Gasteiger partial charge in [-0.25, -0.2) is 0 Å². The molecule has 0 bridgehead atoms. The van der Waals surface area contributed by atoms with E-state index in [1.807, 2.05) is 6.92 Å². The standard InChI is InChI=1S/C18H17F3N2O3/c1-2-3-11-4-6-12(7-5-11)14(24)10-23-15(18(19,20)21)9-8-13(16(22)25)17(23)26/h4-9H,2-3,10H2,1H3,(H2,22,25). The quantitative estimate of drug-likeness (QED) is 0.798. The van der Waals surface area contributed by atoms with E-state index < -0.39 is 41.2 Å². The van der Waals surface area contributed by atoms with Gasteiger partial charge in [0.05, 0.1) is 6.54 Å². The first kappa shape index (κ1) is 19.4. The van der Waals surface area contributed by atoms with Gasteiger partial charge in [0.15, 0.2) is 5.78 Å². The zero-order chi connectivity index (χ0) is 19.5. The smallest absolute Gasteiger partial charge is 0.365 e. The van der Waals surface area contributed by atoms with Crippen LogP contribution in [-0.2, 0) is 19.1 Å². The van der Waals surface area contributed by atoms with Crippen LogP contribution in [0, 0.1) is 0 Å². The molecule has 1 amide bonds. The summed E-state index contributed by atoms with van der Waals surface area (Å²) in [4.78, 5) is 35.8. The molecular weight excluding hydrogens is 349 g/mol. The minimum Gasteiger partial charge on any atom is -0.365 e. The molecule has 0 spiro atoms. The van der Waals surface area contributed by atoms with Crippen molar-refractivity contribution in [3.8, 4) is 0 Å². The molecule has 0 atom stereocenters. The zero-order valence-corrected chi connectivity index (χ0v) is 14.0. The van der Waals surface area contributed by atoms with Crippen LogP contribution < -0.4 is 11.3 Å². The molecule has 1 aromatic heterocycles. The third-order valence-corrected chi connectivity index (χ3v) is 3.85. The fourth-order valence-corrected chi connectivity index (χ4v) is 2.55. The second-order valence-corrected chi connectivity index (χ2v) is 5.76. The molecule has 0 saturated carbocycles. The van der Waals surface area contributed by atoms with Crippen molar-refractivity contribution in [2.24, 2.45) is 5.73 Å². The van der Waals surface area contributed by atoms with Gasteiger partial charge in [0.1, 0.15) is 11.3 Å². The number of nitrogens with zero attached hydrogens (tertiary/aromatic N) is 1. The summed E-state index contributed by atoms with van der Waals surface area (Å²) in [5.74, 6) is -1.84. The van der Waals surface area contributed by atoms with Crippen LogP contribution in [0.15, 0.2) is 41.2 Å². The molecule has 2 N–H and O–H groups in total. The maximum atomic E-state index is 13.2. The van der Waals surface area contributed by atoms with Crippen LogP contribution >= 0.6 is 0 Å². The van der Waals surface area contributed by atoms with Crippen molar-refractivity contribution < 1.29 is 22.8 Å². The summed E-state index contributed by atoms with van der Waals surface area (Å²) in [5, 5.41) is 0. The molecule has 0 saturated heterocycles. The summed E-state index contributed by atoms with van der Waals surface area (Å²) in [7, 11) is 0. The van der Waals surface area contributed by atoms with E-state index in [2.05, 4.69) is 0 Å². The van der Waals surface area contributed by atoms with Gasteiger partial charge in [0.25, 0.3) is 11.5 Å². The number of carbonyl (C=O) groups excluding carboxylic acids is 2. The number of halogens is 3. The number of benzene rings is 1. The number of amides is 1. The largest absolute Gasteiger partial charge is 0.431 e. The predicted octanol–water partition coefficient (Wildman–Crippen LogP) is 2.80. The number of aryl methyl sites for hydroxylation is 1. The topological polar surface area (TPSA) is 82.2 Å². The van der Waals surface area contributed by atoms with Crippen LogP contribution in [0.25, 0.3) is 0 Å². The van der Waals surface area contributed by atoms with Gasteiger partial charge in [-0.3, -0.25) is 19.0 Å². The number of rotatable bonds is 6. The van der Waals surface area contributed by atoms with Crippen molar-refractivity contribution in [3.05, 3.63) is 69.1 Å². The van der Waals surface area contributed by atoms with E-state index in [4.69, 9.17) is 5.73 Å². The average Bonchev–Trinajstić information content (AvgIpc) is 2.56. The number of hydrogen-bond acceptors (Lipinski definition) is 3. The minimum absolute atomic E-state index is 0.175. The lowest BCUT2D eigenvalue weighted by Gasteiger charge is -2.15. The lowest BCUT2D eigenvalue weighted by molar-refractivity contribution is -0.144. The lowest BCUT2D eigenvalue weighted by Crippen LogP contribution is -2.35. The average molecular weight is 366 g/mol. The summed E-state index contributed by atoms with van der Waals surface area (Å²) >= 11 is 0. The van der Waals surface area contributed by atoms with Gasteiger partial charge in [0.2, 0.25) is 0 Å². The number of nitrogens with two attached hydrogens (primary N) is 1. The molecule has 1 aromatic carbocycles. The lowest BCUT2D eigenvalue weighted by atomic mass is 10.1. The van der Waals surface area contributed by atoms with Crippen LogP contribution in [0.3, 0.4) is 0 Å². The highest BCUT2D eigenvalue weighted by atomic mass is 19.4. The molecule has 138 valence electrons. The molecule has 0 aliphatic carbocycles. The fraction of sp³-hybridized carbons (Fsp3) is 0.278. The number of Topliss-reactive ketones (excluding diaryl/α,β-unsaturated/α-hetero) is 1. The molecule has 8 heteroatoms. The van der Waals surface area contributed by atoms with E-state index in [-0.39, 0.29) is 10.1 Å². The Morgan fingerprint density at radius 3 is 2.19 bits per heavy atom. The van der Waals surface area contributed by atoms with E-state index in [0.717, 1.165) is 18.4 Å². The Bertz CT molecular complexity index is 884. The Morgan fingerprint density at radius 1 is 1.08 bits per heavy atom. The van der Waals surface area contributed by atoms with Gasteiger partial charge >= 0.3 is 6.18 Å². The first-order valence-corrected chi connectivity index (χ1v) is 7.88. The number of primary amides is 1. The Labute approximate surface area is 147 Å². The maximum Gasteiger partial charge on any atom is 0.431 e. The highest BCUT2D eigenvalue weighted by molar-refractivity contribution is 5.96. The van der Waals surface area contributed by atoms with Gasteiger partial charge in [-0.1, -0.05) is 37.6 Å². The number of aromatic nitrogens is 1. The second kappa shape index (κ2) is 7.55. The van der Waals surface area contributed by atoms with Crippen molar-refractivity contribution in [3.63, 3.8) is 0 Å². The van der Waals surface area contributed by atoms with Gasteiger partial charge in [-0.15, -0.1) is 0 Å². The molecule has 2 rings (SSSR count). The summed E-state index contributed by atoms with van der Waals surface area (Å²) in [6.45, 7) is 1.15. The molecule has 26 heavy (non-hydrogen) atoms. The van der Waals surface area contributed by atoms with Gasteiger partial charge in [-0.05, 0) is 24.1 Å². The molecule has 0 aliphatic rings. The number of ketones is 1. The maximum absolute atomic E-state index is 13.2. The van der Waals surface area contributed by atoms with Crippen molar-refractivity contribution in [2.75, 3.05) is 0 Å². The van der Waals surface area contributed by atoms with E-state index >= 15 is 0 Å². The van der Waals surface area contributed by atoms with Crippen molar-refractivity contribution in [2.45, 2.75) is 32.5 Å². The molecular formula is C18H17F3N2O3. The highest BCUT2D eigenvalue weighted by Gasteiger charge is 2.35. The van der Waals surface area contributed by atoms with E-state index in [0.29, 0.717) is 12.1 Å². The van der Waals surface area contributed by atoms with Gasteiger partial charge in [0, 0.05) is 5.56 Å². The van der Waals surface area contributed by atoms with Crippen molar-refractivity contribution >= 4 is 11.7 Å². The normalized spacial score (nSPS) is 11.4. The third-order valence-electron chi connectivity index (χ3n) is 3.85. The SMILES string of the molecule is CCCc1ccc(C(=O)Cn2c(C(F)(F)F)ccc(C(N)=O)c2=O)cc1. The molecule has 0 radical (unpaired) electrons. The number of alkyl halides is 3. The number of carbonyl (C=O) groups is 2. The molecule has 0 fully saturated rings. The monoisotopic (exact) mass is 366 g/mol. The van der Waals surface area contributed by atoms with Gasteiger partial charge < -0.3 is 5.73 Å². The van der Waals surface area contributed by atoms with Crippen LogP contribution in [0.5, 0.6) is 0 Å². The summed E-state index contributed by atoms with van der Waals surface area (Å²) < 4.78 is 39.7. The van der Waals surface area contributed by atoms with Crippen LogP contribution in [0.2, 0.25) is 0 Å². The van der Waals surface area contributed by atoms with E-state index in [1.54, 1.807) is 12.1 Å². The molecule has 2 aromatic rings. The number of pyridine rings is 1. The fourth-order valence-electron chi connectivity index (χ4n) is 2.55. The Morgan fingerprint density at radius 2 is 1.69 bits per heavy atom. The van der Waals surface area contributed by atoms with E-state index in [9.17, 15) is 27.6 Å². The van der Waals surface area contributed by atoms with Crippen molar-refractivity contribution in [1.82, 2.24) is 4.57 Å². The Balaban J connectivity index is 2.43. The minimum atomic E-state index is -4.86. The summed E-state index contributed by atoms with van der Waals surface area (Å²) in [6.07, 6.45) is -3.13. The molecule has 0 aliphatic heterocycles. The molecule has 1 heterocycles. The highest BCUT2D eigenvalue weighted by Crippen LogP contribution is 2.28. The first-order chi connectivity index (χ1) is 12.1. The van der Waals surface area contributed by atoms with Crippen LogP contribution in [0.4, 0.5) is 13.2 Å². The zero-order valence-electron chi connectivity index (χ0n) is 14.0.